The molecule has 0 N–H and O–H groups in total. The van der Waals surface area contributed by atoms with Crippen LogP contribution in [0.15, 0.2) is 6.08 Å². The molecule has 0 saturated carbocycles. The van der Waals surface area contributed by atoms with Crippen molar-refractivity contribution in [1.82, 2.24) is 4.90 Å². The minimum atomic E-state index is 0.957. The van der Waals surface area contributed by atoms with E-state index in [1.54, 1.807) is 0 Å². The number of hydrogen-bond donors (Lipinski definition) is 0. The van der Waals surface area contributed by atoms with Gasteiger partial charge in [-0.2, -0.15) is 4.58 Å². The first-order valence-electron chi connectivity index (χ1n) is 3.03. The molecule has 9 heavy (non-hydrogen) atoms. The van der Waals surface area contributed by atoms with E-state index >= 15 is 0 Å². The lowest BCUT2D eigenvalue weighted by Gasteiger charge is -2.00. The van der Waals surface area contributed by atoms with E-state index in [9.17, 15) is 0 Å². The smallest absolute Gasteiger partial charge is 0.163 e. The summed E-state index contributed by atoms with van der Waals surface area (Å²) in [5.74, 6) is 3.04. The van der Waals surface area contributed by atoms with Gasteiger partial charge in [-0.1, -0.05) is 0 Å². The first-order chi connectivity index (χ1) is 4.13. The molecule has 0 aromatic carbocycles. The highest BCUT2D eigenvalue weighted by Gasteiger charge is 1.81. The Morgan fingerprint density at radius 2 is 2.00 bits per heavy atom. The number of nitrogens with zero attached hydrogens (tertiary/aromatic N) is 2. The van der Waals surface area contributed by atoms with Crippen LogP contribution < -0.4 is 0 Å². The Bertz CT molecular complexity index is 126. The van der Waals surface area contributed by atoms with Crippen molar-refractivity contribution in [3.05, 3.63) is 6.08 Å². The van der Waals surface area contributed by atoms with Crippen molar-refractivity contribution in [2.24, 2.45) is 0 Å². The Labute approximate surface area is 57.1 Å². The molecule has 0 aliphatic rings. The maximum Gasteiger partial charge on any atom is 0.163 e. The third kappa shape index (κ3) is 7.41. The first-order valence-corrected chi connectivity index (χ1v) is 3.03. The minimum absolute atomic E-state index is 0.957. The summed E-state index contributed by atoms with van der Waals surface area (Å²) in [5, 5.41) is 0. The Morgan fingerprint density at radius 3 is 2.33 bits per heavy atom. The van der Waals surface area contributed by atoms with E-state index in [4.69, 9.17) is 0 Å². The van der Waals surface area contributed by atoms with Crippen molar-refractivity contribution < 1.29 is 4.58 Å². The molecule has 0 aliphatic carbocycles. The molecule has 0 aromatic rings. The van der Waals surface area contributed by atoms with E-state index in [-0.39, 0.29) is 0 Å². The predicted molar refractivity (Wildman–Crippen MR) is 40.2 cm³/mol. The van der Waals surface area contributed by atoms with E-state index in [1.165, 1.54) is 0 Å². The van der Waals surface area contributed by atoms with Gasteiger partial charge in [0.2, 0.25) is 0 Å². The molecule has 0 bridgehead atoms. The third-order valence-electron chi connectivity index (χ3n) is 0.806. The second-order valence-corrected chi connectivity index (χ2v) is 2.49. The van der Waals surface area contributed by atoms with E-state index < -0.39 is 0 Å². The Kier molecular flexibility index (Phi) is 4.02. The molecular weight excluding hydrogens is 112 g/mol. The summed E-state index contributed by atoms with van der Waals surface area (Å²) >= 11 is 0. The highest BCUT2D eigenvalue weighted by molar-refractivity contribution is 5.45. The van der Waals surface area contributed by atoms with Gasteiger partial charge in [0.25, 0.3) is 0 Å². The Hall–Kier alpha value is -0.590. The Morgan fingerprint density at radius 1 is 1.44 bits per heavy atom. The molecule has 0 unspecified atom stereocenters. The van der Waals surface area contributed by atoms with Crippen molar-refractivity contribution in [2.75, 3.05) is 34.7 Å². The summed E-state index contributed by atoms with van der Waals surface area (Å²) in [5.41, 5.74) is 0. The zero-order valence-corrected chi connectivity index (χ0v) is 6.68. The summed E-state index contributed by atoms with van der Waals surface area (Å²) in [6, 6.07) is 0. The number of rotatable bonds is 2. The molecule has 0 fully saturated rings. The SMILES string of the molecule is CN(C)CC=C=[N+](C)C. The van der Waals surface area contributed by atoms with E-state index in [2.05, 4.69) is 10.8 Å². The van der Waals surface area contributed by atoms with Gasteiger partial charge in [0.15, 0.2) is 5.87 Å². The van der Waals surface area contributed by atoms with Crippen LogP contribution in [0.3, 0.4) is 0 Å². The van der Waals surface area contributed by atoms with Gasteiger partial charge in [0, 0.05) is 12.6 Å². The molecule has 0 aliphatic heterocycles. The van der Waals surface area contributed by atoms with Crippen LogP contribution in [0.1, 0.15) is 0 Å². The van der Waals surface area contributed by atoms with E-state index in [0.29, 0.717) is 0 Å². The van der Waals surface area contributed by atoms with Gasteiger partial charge in [0.1, 0.15) is 14.1 Å². The van der Waals surface area contributed by atoms with Gasteiger partial charge in [-0.3, -0.25) is 0 Å². The van der Waals surface area contributed by atoms with Crippen molar-refractivity contribution in [1.29, 1.82) is 0 Å². The molecule has 0 heterocycles. The van der Waals surface area contributed by atoms with Crippen LogP contribution in [0.25, 0.3) is 0 Å². The van der Waals surface area contributed by atoms with Gasteiger partial charge < -0.3 is 4.90 Å². The molecule has 0 radical (unpaired) electrons. The molecule has 0 aromatic heterocycles. The zero-order chi connectivity index (χ0) is 7.28. The van der Waals surface area contributed by atoms with Gasteiger partial charge >= 0.3 is 0 Å². The molecule has 2 nitrogen and oxygen atoms in total. The van der Waals surface area contributed by atoms with E-state index in [0.717, 1.165) is 6.54 Å². The van der Waals surface area contributed by atoms with Crippen LogP contribution in [-0.4, -0.2) is 50.1 Å². The van der Waals surface area contributed by atoms with Crippen LogP contribution in [0.4, 0.5) is 0 Å². The highest BCUT2D eigenvalue weighted by Crippen LogP contribution is 1.69. The van der Waals surface area contributed by atoms with Gasteiger partial charge in [-0.15, -0.1) is 0 Å². The fraction of sp³-hybridized carbons (Fsp3) is 0.714. The van der Waals surface area contributed by atoms with Crippen LogP contribution in [-0.2, 0) is 0 Å². The lowest BCUT2D eigenvalue weighted by Crippen LogP contribution is -2.11. The molecule has 0 rings (SSSR count). The van der Waals surface area contributed by atoms with Crippen LogP contribution in [0, 0.1) is 0 Å². The fourth-order valence-electron chi connectivity index (χ4n) is 0.406. The average Bonchev–Trinajstić information content (AvgIpc) is 1.63. The molecular formula is C7H15N2+. The molecule has 0 saturated heterocycles. The fourth-order valence-corrected chi connectivity index (χ4v) is 0.406. The molecule has 0 spiro atoms. The molecule has 52 valence electrons. The second-order valence-electron chi connectivity index (χ2n) is 2.49. The average molecular weight is 127 g/mol. The summed E-state index contributed by atoms with van der Waals surface area (Å²) in [7, 11) is 8.00. The molecule has 0 amide bonds. The van der Waals surface area contributed by atoms with E-state index in [1.807, 2.05) is 38.8 Å². The maximum atomic E-state index is 3.04. The second kappa shape index (κ2) is 4.30. The van der Waals surface area contributed by atoms with Crippen LogP contribution in [0.5, 0.6) is 0 Å². The Balaban J connectivity index is 3.61. The first kappa shape index (κ1) is 8.41. The minimum Gasteiger partial charge on any atom is -0.305 e. The quantitative estimate of drug-likeness (QED) is 0.375. The summed E-state index contributed by atoms with van der Waals surface area (Å²) in [6.45, 7) is 0.957. The summed E-state index contributed by atoms with van der Waals surface area (Å²) < 4.78 is 1.91. The largest absolute Gasteiger partial charge is 0.305 e. The van der Waals surface area contributed by atoms with Crippen LogP contribution in [0.2, 0.25) is 0 Å². The molecule has 2 heteroatoms. The van der Waals surface area contributed by atoms with Gasteiger partial charge in [0.05, 0.1) is 0 Å². The summed E-state index contributed by atoms with van der Waals surface area (Å²) in [6.07, 6.45) is 2.00. The molecule has 0 atom stereocenters. The van der Waals surface area contributed by atoms with Gasteiger partial charge in [-0.25, -0.2) is 0 Å². The lowest BCUT2D eigenvalue weighted by atomic mass is 10.6. The van der Waals surface area contributed by atoms with Crippen LogP contribution >= 0.6 is 0 Å². The van der Waals surface area contributed by atoms with Crippen molar-refractivity contribution in [3.63, 3.8) is 0 Å². The van der Waals surface area contributed by atoms with Gasteiger partial charge in [-0.05, 0) is 14.1 Å². The summed E-state index contributed by atoms with van der Waals surface area (Å²) in [4.78, 5) is 2.09. The standard InChI is InChI=1S/C7H15N2/c1-8(2)6-5-7-9(3)4/h5H,6H2,1-4H3/q+1. The lowest BCUT2D eigenvalue weighted by molar-refractivity contribution is -0.456. The maximum absolute atomic E-state index is 3.04. The normalized spacial score (nSPS) is 9.00. The van der Waals surface area contributed by atoms with Crippen molar-refractivity contribution >= 4 is 5.87 Å². The predicted octanol–water partition coefficient (Wildman–Crippen LogP) is 0.0460. The zero-order valence-electron chi connectivity index (χ0n) is 6.68. The monoisotopic (exact) mass is 127 g/mol. The number of likely N-dealkylation sites (N-methyl/N-ethyl adjacent to an activating group) is 1. The highest BCUT2D eigenvalue weighted by atomic mass is 15.0. The topological polar surface area (TPSA) is 6.25 Å². The van der Waals surface area contributed by atoms with Crippen molar-refractivity contribution in [2.45, 2.75) is 0 Å². The number of hydrogen-bond acceptors (Lipinski definition) is 1. The van der Waals surface area contributed by atoms with Crippen molar-refractivity contribution in [3.8, 4) is 0 Å². The third-order valence-corrected chi connectivity index (χ3v) is 0.806.